The Morgan fingerprint density at radius 1 is 1.09 bits per heavy atom. The summed E-state index contributed by atoms with van der Waals surface area (Å²) in [4.78, 5) is 7.43. The van der Waals surface area contributed by atoms with Gasteiger partial charge in [0.1, 0.15) is 5.82 Å². The Bertz CT molecular complexity index is 1290. The SMILES string of the molecule is CCCCn1c(CN2CCCC2c2ccc3c(c2)OCCCO3)nc2cc(S(N)(=O)=O)ccc21. The molecule has 1 unspecified atom stereocenters. The molecule has 0 amide bonds. The molecule has 2 aliphatic heterocycles. The summed E-state index contributed by atoms with van der Waals surface area (Å²) >= 11 is 0. The van der Waals surface area contributed by atoms with Gasteiger partial charge in [-0.05, 0) is 61.7 Å². The molecule has 0 bridgehead atoms. The van der Waals surface area contributed by atoms with E-state index in [1.165, 1.54) is 5.56 Å². The van der Waals surface area contributed by atoms with Crippen LogP contribution in [0.2, 0.25) is 0 Å². The topological polar surface area (TPSA) is 99.7 Å². The molecule has 2 aliphatic rings. The van der Waals surface area contributed by atoms with Crippen LogP contribution < -0.4 is 14.6 Å². The van der Waals surface area contributed by atoms with Crippen LogP contribution in [0.25, 0.3) is 11.0 Å². The summed E-state index contributed by atoms with van der Waals surface area (Å²) in [5, 5.41) is 5.36. The van der Waals surface area contributed by atoms with Gasteiger partial charge < -0.3 is 14.0 Å². The van der Waals surface area contributed by atoms with E-state index in [1.54, 1.807) is 12.1 Å². The van der Waals surface area contributed by atoms with Crippen LogP contribution in [0, 0.1) is 0 Å². The van der Waals surface area contributed by atoms with Gasteiger partial charge in [0.2, 0.25) is 10.0 Å². The fourth-order valence-corrected chi connectivity index (χ4v) is 5.52. The highest BCUT2D eigenvalue weighted by Crippen LogP contribution is 2.38. The number of aryl methyl sites for hydroxylation is 1. The number of likely N-dealkylation sites (tertiary alicyclic amines) is 1. The molecule has 3 heterocycles. The number of unbranched alkanes of at least 4 members (excludes halogenated alkanes) is 1. The van der Waals surface area contributed by atoms with Crippen LogP contribution >= 0.6 is 0 Å². The number of ether oxygens (including phenoxy) is 2. The standard InChI is InChI=1S/C25H32N4O4S/c1-2-3-12-29-22-9-8-19(34(26,30)31)16-20(22)27-25(29)17-28-11-4-6-21(28)18-7-10-23-24(15-18)33-14-5-13-32-23/h7-10,15-16,21H,2-6,11-14,17H2,1H3,(H2,26,30,31). The third-order valence-electron chi connectivity index (χ3n) is 6.73. The number of fused-ring (bicyclic) bond motifs is 2. The molecule has 0 aliphatic carbocycles. The number of rotatable bonds is 7. The molecule has 182 valence electrons. The maximum absolute atomic E-state index is 11.9. The first-order valence-electron chi connectivity index (χ1n) is 12.1. The number of hydrogen-bond acceptors (Lipinski definition) is 6. The minimum atomic E-state index is -3.77. The number of imidazole rings is 1. The van der Waals surface area contributed by atoms with Gasteiger partial charge in [0, 0.05) is 19.0 Å². The first-order chi connectivity index (χ1) is 16.4. The van der Waals surface area contributed by atoms with Crippen molar-refractivity contribution >= 4 is 21.1 Å². The Morgan fingerprint density at radius 3 is 2.71 bits per heavy atom. The van der Waals surface area contributed by atoms with Crippen LogP contribution in [0.4, 0.5) is 0 Å². The Labute approximate surface area is 200 Å². The van der Waals surface area contributed by atoms with Crippen LogP contribution in [0.1, 0.15) is 56.5 Å². The highest BCUT2D eigenvalue weighted by Gasteiger charge is 2.29. The number of nitrogens with two attached hydrogens (primary N) is 1. The first-order valence-corrected chi connectivity index (χ1v) is 13.6. The van der Waals surface area contributed by atoms with Crippen molar-refractivity contribution in [3.8, 4) is 11.5 Å². The molecule has 0 spiro atoms. The molecule has 0 saturated carbocycles. The number of nitrogens with zero attached hydrogens (tertiary/aromatic N) is 3. The summed E-state index contributed by atoms with van der Waals surface area (Å²) in [7, 11) is -3.77. The maximum Gasteiger partial charge on any atom is 0.238 e. The van der Waals surface area contributed by atoms with E-state index < -0.39 is 10.0 Å². The average molecular weight is 485 g/mol. The van der Waals surface area contributed by atoms with Gasteiger partial charge in [0.25, 0.3) is 0 Å². The number of sulfonamides is 1. The molecule has 1 aromatic heterocycles. The lowest BCUT2D eigenvalue weighted by molar-refractivity contribution is 0.238. The van der Waals surface area contributed by atoms with Gasteiger partial charge in [-0.15, -0.1) is 0 Å². The quantitative estimate of drug-likeness (QED) is 0.545. The third kappa shape index (κ3) is 4.64. The van der Waals surface area contributed by atoms with Crippen LogP contribution in [-0.2, 0) is 23.1 Å². The van der Waals surface area contributed by atoms with E-state index in [4.69, 9.17) is 19.6 Å². The van der Waals surface area contributed by atoms with Crippen molar-refractivity contribution in [3.05, 3.63) is 47.8 Å². The van der Waals surface area contributed by atoms with Gasteiger partial charge >= 0.3 is 0 Å². The second-order valence-corrected chi connectivity index (χ2v) is 10.7. The zero-order valence-corrected chi connectivity index (χ0v) is 20.4. The first kappa shape index (κ1) is 23.1. The molecule has 0 radical (unpaired) electrons. The Hall–Kier alpha value is -2.62. The molecule has 1 fully saturated rings. The second kappa shape index (κ2) is 9.56. The molecule has 1 atom stereocenters. The lowest BCUT2D eigenvalue weighted by Gasteiger charge is -2.25. The predicted molar refractivity (Wildman–Crippen MR) is 130 cm³/mol. The van der Waals surface area contributed by atoms with Gasteiger partial charge in [0.15, 0.2) is 11.5 Å². The van der Waals surface area contributed by atoms with Crippen molar-refractivity contribution in [3.63, 3.8) is 0 Å². The number of primary sulfonamides is 1. The Morgan fingerprint density at radius 2 is 1.91 bits per heavy atom. The molecule has 8 nitrogen and oxygen atoms in total. The third-order valence-corrected chi connectivity index (χ3v) is 7.64. The molecule has 34 heavy (non-hydrogen) atoms. The molecule has 1 saturated heterocycles. The molecular formula is C25H32N4O4S. The van der Waals surface area contributed by atoms with Gasteiger partial charge in [-0.3, -0.25) is 4.90 Å². The van der Waals surface area contributed by atoms with E-state index in [0.717, 1.165) is 68.0 Å². The predicted octanol–water partition coefficient (Wildman–Crippen LogP) is 3.98. The van der Waals surface area contributed by atoms with Crippen LogP contribution in [-0.4, -0.2) is 42.6 Å². The summed E-state index contributed by atoms with van der Waals surface area (Å²) < 4.78 is 37.7. The highest BCUT2D eigenvalue weighted by atomic mass is 32.2. The molecular weight excluding hydrogens is 452 g/mol. The monoisotopic (exact) mass is 484 g/mol. The van der Waals surface area contributed by atoms with Gasteiger partial charge in [-0.25, -0.2) is 18.5 Å². The highest BCUT2D eigenvalue weighted by molar-refractivity contribution is 7.89. The molecule has 2 N–H and O–H groups in total. The molecule has 2 aromatic carbocycles. The van der Waals surface area contributed by atoms with E-state index in [-0.39, 0.29) is 10.9 Å². The Kier molecular flexibility index (Phi) is 6.50. The Balaban J connectivity index is 1.46. The lowest BCUT2D eigenvalue weighted by Crippen LogP contribution is -2.25. The van der Waals surface area contributed by atoms with Crippen LogP contribution in [0.3, 0.4) is 0 Å². The summed E-state index contributed by atoms with van der Waals surface area (Å²) in [5.41, 5.74) is 2.85. The van der Waals surface area contributed by atoms with E-state index in [2.05, 4.69) is 28.5 Å². The van der Waals surface area contributed by atoms with E-state index in [1.807, 2.05) is 12.1 Å². The van der Waals surface area contributed by atoms with Crippen molar-refractivity contribution in [1.29, 1.82) is 0 Å². The molecule has 9 heteroatoms. The second-order valence-electron chi connectivity index (χ2n) is 9.11. The summed E-state index contributed by atoms with van der Waals surface area (Å²) in [5.74, 6) is 2.60. The van der Waals surface area contributed by atoms with Crippen molar-refractivity contribution in [1.82, 2.24) is 14.5 Å². The van der Waals surface area contributed by atoms with Gasteiger partial charge in [0.05, 0.1) is 35.7 Å². The van der Waals surface area contributed by atoms with E-state index in [9.17, 15) is 8.42 Å². The minimum Gasteiger partial charge on any atom is -0.490 e. The number of hydrogen-bond donors (Lipinski definition) is 1. The fraction of sp³-hybridized carbons (Fsp3) is 0.480. The summed E-state index contributed by atoms with van der Waals surface area (Å²) in [6.45, 7) is 6.05. The largest absolute Gasteiger partial charge is 0.490 e. The number of benzene rings is 2. The summed E-state index contributed by atoms with van der Waals surface area (Å²) in [6, 6.07) is 11.6. The maximum atomic E-state index is 11.9. The minimum absolute atomic E-state index is 0.0953. The fourth-order valence-electron chi connectivity index (χ4n) is 4.98. The zero-order chi connectivity index (χ0) is 23.7. The zero-order valence-electron chi connectivity index (χ0n) is 19.6. The van der Waals surface area contributed by atoms with Crippen molar-refractivity contribution < 1.29 is 17.9 Å². The molecule has 5 rings (SSSR count). The number of aromatic nitrogens is 2. The summed E-state index contributed by atoms with van der Waals surface area (Å²) in [6.07, 6.45) is 5.17. The van der Waals surface area contributed by atoms with E-state index >= 15 is 0 Å². The van der Waals surface area contributed by atoms with Crippen LogP contribution in [0.15, 0.2) is 41.3 Å². The normalized spacial score (nSPS) is 18.9. The van der Waals surface area contributed by atoms with Crippen molar-refractivity contribution in [2.45, 2.75) is 63.1 Å². The van der Waals surface area contributed by atoms with Crippen LogP contribution in [0.5, 0.6) is 11.5 Å². The molecule has 3 aromatic rings. The van der Waals surface area contributed by atoms with Crippen molar-refractivity contribution in [2.24, 2.45) is 5.14 Å². The van der Waals surface area contributed by atoms with Gasteiger partial charge in [-0.2, -0.15) is 0 Å². The van der Waals surface area contributed by atoms with Crippen molar-refractivity contribution in [2.75, 3.05) is 19.8 Å². The average Bonchev–Trinajstić information content (AvgIpc) is 3.33. The van der Waals surface area contributed by atoms with Gasteiger partial charge in [-0.1, -0.05) is 19.4 Å². The lowest BCUT2D eigenvalue weighted by atomic mass is 10.0. The smallest absolute Gasteiger partial charge is 0.238 e. The van der Waals surface area contributed by atoms with E-state index in [0.29, 0.717) is 25.3 Å².